The molecule has 2 amide bonds. The fourth-order valence-corrected chi connectivity index (χ4v) is 5.42. The molecule has 2 aliphatic rings. The molecule has 0 aliphatic carbocycles. The van der Waals surface area contributed by atoms with Crippen LogP contribution < -0.4 is 24.3 Å². The quantitative estimate of drug-likeness (QED) is 0.272. The van der Waals surface area contributed by atoms with Crippen molar-refractivity contribution in [1.82, 2.24) is 9.80 Å². The molecule has 3 aromatic rings. The van der Waals surface area contributed by atoms with Gasteiger partial charge in [-0.15, -0.1) is 0 Å². The minimum atomic E-state index is -0.769. The Morgan fingerprint density at radius 1 is 0.976 bits per heavy atom. The van der Waals surface area contributed by atoms with Crippen molar-refractivity contribution in [2.45, 2.75) is 39.3 Å². The standard InChI is InChI=1S/C31H32ClN3O6S/c1-3-38-25-11-5-20(15-27(25)39-4-2)13-14-34-30(37)24(17-29(36)33-23-9-7-22(32)8-10-23)35(31(34)42)18-21-6-12-26-28(16-21)41-19-40-26/h5-12,15-16,24H,3-4,13-14,17-19H2,1-2H3,(H,33,36)/t24-/m1/s1. The summed E-state index contributed by atoms with van der Waals surface area (Å²) < 4.78 is 22.4. The van der Waals surface area contributed by atoms with E-state index in [-0.39, 0.29) is 25.0 Å². The fraction of sp³-hybridized carbons (Fsp3) is 0.323. The molecular weight excluding hydrogens is 578 g/mol. The predicted octanol–water partition coefficient (Wildman–Crippen LogP) is 5.44. The van der Waals surface area contributed by atoms with Crippen LogP contribution in [0.25, 0.3) is 0 Å². The highest BCUT2D eigenvalue weighted by atomic mass is 35.5. The van der Waals surface area contributed by atoms with Crippen LogP contribution in [0.2, 0.25) is 5.02 Å². The van der Waals surface area contributed by atoms with Crippen molar-refractivity contribution < 1.29 is 28.5 Å². The lowest BCUT2D eigenvalue weighted by molar-refractivity contribution is -0.130. The molecule has 1 saturated heterocycles. The fourth-order valence-electron chi connectivity index (χ4n) is 4.93. The number of thiocarbonyl (C=S) groups is 1. The molecule has 1 atom stereocenters. The summed E-state index contributed by atoms with van der Waals surface area (Å²) in [5, 5.41) is 3.79. The van der Waals surface area contributed by atoms with Crippen LogP contribution in [0.5, 0.6) is 23.0 Å². The molecule has 0 aromatic heterocycles. The Morgan fingerprint density at radius 3 is 2.45 bits per heavy atom. The first-order valence-corrected chi connectivity index (χ1v) is 14.6. The zero-order valence-corrected chi connectivity index (χ0v) is 25.0. The van der Waals surface area contributed by atoms with Crippen LogP contribution >= 0.6 is 23.8 Å². The van der Waals surface area contributed by atoms with E-state index in [4.69, 9.17) is 42.8 Å². The molecule has 1 N–H and O–H groups in total. The van der Waals surface area contributed by atoms with Crippen molar-refractivity contribution in [2.24, 2.45) is 0 Å². The minimum absolute atomic E-state index is 0.0693. The monoisotopic (exact) mass is 609 g/mol. The largest absolute Gasteiger partial charge is 0.490 e. The van der Waals surface area contributed by atoms with E-state index in [1.54, 1.807) is 34.1 Å². The first-order valence-electron chi connectivity index (χ1n) is 13.8. The summed E-state index contributed by atoms with van der Waals surface area (Å²) in [5.41, 5.74) is 2.45. The van der Waals surface area contributed by atoms with Crippen molar-refractivity contribution in [2.75, 3.05) is 31.9 Å². The molecule has 2 heterocycles. The number of fused-ring (bicyclic) bond motifs is 1. The average molecular weight is 610 g/mol. The number of carbonyl (C=O) groups excluding carboxylic acids is 2. The van der Waals surface area contributed by atoms with Gasteiger partial charge in [0.1, 0.15) is 6.04 Å². The van der Waals surface area contributed by atoms with Crippen LogP contribution in [-0.4, -0.2) is 59.3 Å². The van der Waals surface area contributed by atoms with Gasteiger partial charge in [0.2, 0.25) is 12.7 Å². The van der Waals surface area contributed by atoms with E-state index in [1.807, 2.05) is 50.2 Å². The lowest BCUT2D eigenvalue weighted by atomic mass is 10.1. The summed E-state index contributed by atoms with van der Waals surface area (Å²) in [7, 11) is 0. The number of hydrogen-bond acceptors (Lipinski definition) is 7. The molecule has 42 heavy (non-hydrogen) atoms. The van der Waals surface area contributed by atoms with Gasteiger partial charge in [0.15, 0.2) is 28.1 Å². The second-order valence-corrected chi connectivity index (χ2v) is 10.6. The summed E-state index contributed by atoms with van der Waals surface area (Å²) in [4.78, 5) is 30.2. The molecule has 3 aromatic carbocycles. The number of benzene rings is 3. The van der Waals surface area contributed by atoms with Gasteiger partial charge in [-0.25, -0.2) is 0 Å². The SMILES string of the molecule is CCOc1ccc(CCN2C(=O)[C@@H](CC(=O)Nc3ccc(Cl)cc3)N(Cc3ccc4c(c3)OCO4)C2=S)cc1OCC. The number of halogens is 1. The maximum absolute atomic E-state index is 13.8. The summed E-state index contributed by atoms with van der Waals surface area (Å²) in [5.74, 6) is 2.12. The van der Waals surface area contributed by atoms with Gasteiger partial charge >= 0.3 is 0 Å². The highest BCUT2D eigenvalue weighted by Crippen LogP contribution is 2.34. The minimum Gasteiger partial charge on any atom is -0.490 e. The maximum Gasteiger partial charge on any atom is 0.252 e. The van der Waals surface area contributed by atoms with Crippen molar-refractivity contribution in [3.63, 3.8) is 0 Å². The number of hydrogen-bond donors (Lipinski definition) is 1. The van der Waals surface area contributed by atoms with Gasteiger partial charge in [-0.05, 0) is 92.1 Å². The van der Waals surface area contributed by atoms with E-state index in [9.17, 15) is 9.59 Å². The van der Waals surface area contributed by atoms with Crippen LogP contribution in [0.3, 0.4) is 0 Å². The lowest BCUT2D eigenvalue weighted by Gasteiger charge is -2.24. The van der Waals surface area contributed by atoms with E-state index in [0.717, 1.165) is 11.1 Å². The van der Waals surface area contributed by atoms with Crippen LogP contribution in [0.1, 0.15) is 31.4 Å². The summed E-state index contributed by atoms with van der Waals surface area (Å²) >= 11 is 11.8. The van der Waals surface area contributed by atoms with Crippen LogP contribution in [-0.2, 0) is 22.6 Å². The summed E-state index contributed by atoms with van der Waals surface area (Å²) in [6, 6.07) is 17.4. The van der Waals surface area contributed by atoms with Crippen molar-refractivity contribution in [3.8, 4) is 23.0 Å². The van der Waals surface area contributed by atoms with Gasteiger partial charge in [-0.2, -0.15) is 0 Å². The van der Waals surface area contributed by atoms with E-state index < -0.39 is 6.04 Å². The van der Waals surface area contributed by atoms with Gasteiger partial charge in [-0.3, -0.25) is 14.5 Å². The molecule has 1 fully saturated rings. The highest BCUT2D eigenvalue weighted by molar-refractivity contribution is 7.80. The van der Waals surface area contributed by atoms with Crippen LogP contribution in [0.4, 0.5) is 5.69 Å². The molecule has 2 aliphatic heterocycles. The van der Waals surface area contributed by atoms with Gasteiger partial charge in [0, 0.05) is 23.8 Å². The molecule has 0 bridgehead atoms. The normalized spacial score (nSPS) is 15.7. The van der Waals surface area contributed by atoms with Crippen molar-refractivity contribution in [1.29, 1.82) is 0 Å². The first-order chi connectivity index (χ1) is 20.4. The highest BCUT2D eigenvalue weighted by Gasteiger charge is 2.43. The number of ether oxygens (including phenoxy) is 4. The Labute approximate surface area is 255 Å². The van der Waals surface area contributed by atoms with Crippen LogP contribution in [0.15, 0.2) is 60.7 Å². The molecule has 5 rings (SSSR count). The number of amides is 2. The lowest BCUT2D eigenvalue weighted by Crippen LogP contribution is -2.37. The summed E-state index contributed by atoms with van der Waals surface area (Å²) in [6.45, 7) is 5.72. The molecule has 9 nitrogen and oxygen atoms in total. The number of anilines is 1. The van der Waals surface area contributed by atoms with Gasteiger partial charge in [0.25, 0.3) is 5.91 Å². The molecule has 0 unspecified atom stereocenters. The topological polar surface area (TPSA) is 89.6 Å². The van der Waals surface area contributed by atoms with Gasteiger partial charge in [0.05, 0.1) is 19.6 Å². The van der Waals surface area contributed by atoms with Crippen molar-refractivity contribution in [3.05, 3.63) is 76.8 Å². The number of nitrogens with one attached hydrogen (secondary N) is 1. The van der Waals surface area contributed by atoms with Gasteiger partial charge < -0.3 is 29.2 Å². The zero-order chi connectivity index (χ0) is 29.6. The Morgan fingerprint density at radius 2 is 1.69 bits per heavy atom. The number of nitrogens with zero attached hydrogens (tertiary/aromatic N) is 2. The molecule has 11 heteroatoms. The maximum atomic E-state index is 13.8. The van der Waals surface area contributed by atoms with E-state index >= 15 is 0 Å². The molecule has 0 saturated carbocycles. The second-order valence-electron chi connectivity index (χ2n) is 9.76. The van der Waals surface area contributed by atoms with E-state index in [0.29, 0.717) is 71.5 Å². The molecular formula is C31H32ClN3O6S. The Balaban J connectivity index is 1.34. The Kier molecular flexibility index (Phi) is 9.34. The zero-order valence-electron chi connectivity index (χ0n) is 23.4. The molecule has 220 valence electrons. The third-order valence-electron chi connectivity index (χ3n) is 6.93. The summed E-state index contributed by atoms with van der Waals surface area (Å²) in [6.07, 6.45) is 0.472. The first kappa shape index (κ1) is 29.5. The number of rotatable bonds is 12. The predicted molar refractivity (Wildman–Crippen MR) is 163 cm³/mol. The Hall–Kier alpha value is -4.02. The smallest absolute Gasteiger partial charge is 0.252 e. The van der Waals surface area contributed by atoms with Crippen LogP contribution in [0, 0.1) is 0 Å². The van der Waals surface area contributed by atoms with E-state index in [2.05, 4.69) is 5.32 Å². The van der Waals surface area contributed by atoms with E-state index in [1.165, 1.54) is 0 Å². The Bertz CT molecular complexity index is 1470. The van der Waals surface area contributed by atoms with Crippen molar-refractivity contribution >= 4 is 46.4 Å². The molecule has 0 spiro atoms. The third-order valence-corrected chi connectivity index (χ3v) is 7.64. The second kappa shape index (κ2) is 13.3. The third kappa shape index (κ3) is 6.71. The van der Waals surface area contributed by atoms with Gasteiger partial charge in [-0.1, -0.05) is 23.7 Å². The average Bonchev–Trinajstić information content (AvgIpc) is 3.53. The molecule has 0 radical (unpaired) electrons. The number of carbonyl (C=O) groups is 2.